The summed E-state index contributed by atoms with van der Waals surface area (Å²) in [5.41, 5.74) is 6.88. The summed E-state index contributed by atoms with van der Waals surface area (Å²) >= 11 is 0. The molecule has 2 aliphatic rings. The van der Waals surface area contributed by atoms with Gasteiger partial charge in [-0.05, 0) is 49.7 Å². The van der Waals surface area contributed by atoms with Gasteiger partial charge < -0.3 is 15.9 Å². The van der Waals surface area contributed by atoms with E-state index in [-0.39, 0.29) is 6.04 Å². The molecule has 108 valence electrons. The summed E-state index contributed by atoms with van der Waals surface area (Å²) in [5.74, 6) is -2.29. The second-order valence-electron chi connectivity index (χ2n) is 6.24. The number of hydrogen-bond donors (Lipinski definition) is 3. The van der Waals surface area contributed by atoms with E-state index in [2.05, 4.69) is 0 Å². The Bertz CT molecular complexity index is 584. The number of carbonyl (C=O) groups excluding carboxylic acids is 1. The summed E-state index contributed by atoms with van der Waals surface area (Å²) in [4.78, 5) is 13.4. The van der Waals surface area contributed by atoms with Crippen LogP contribution in [0, 0.1) is 0 Å². The molecule has 4 N–H and O–H groups in total. The number of likely N-dealkylation sites (tertiary alicyclic amines) is 1. The van der Waals surface area contributed by atoms with E-state index < -0.39 is 17.1 Å². The number of primary amides is 1. The van der Waals surface area contributed by atoms with Crippen molar-refractivity contribution in [2.75, 3.05) is 13.6 Å². The van der Waals surface area contributed by atoms with Crippen LogP contribution < -0.4 is 5.73 Å². The zero-order valence-corrected chi connectivity index (χ0v) is 11.8. The first-order valence-electron chi connectivity index (χ1n) is 6.85. The quantitative estimate of drug-likeness (QED) is 0.629. The van der Waals surface area contributed by atoms with Crippen LogP contribution >= 0.6 is 0 Å². The molecule has 0 aromatic heterocycles. The minimum atomic E-state index is -1.80. The summed E-state index contributed by atoms with van der Waals surface area (Å²) in [6.07, 6.45) is 1.19. The van der Waals surface area contributed by atoms with Gasteiger partial charge in [0.25, 0.3) is 0 Å². The van der Waals surface area contributed by atoms with Gasteiger partial charge >= 0.3 is 0 Å². The van der Waals surface area contributed by atoms with Gasteiger partial charge in [-0.3, -0.25) is 9.69 Å². The molecule has 0 saturated carbocycles. The average molecular weight is 276 g/mol. The molecule has 0 spiro atoms. The second-order valence-corrected chi connectivity index (χ2v) is 6.24. The summed E-state index contributed by atoms with van der Waals surface area (Å²) in [7, 11) is 1.91. The summed E-state index contributed by atoms with van der Waals surface area (Å²) < 4.78 is 0. The molecule has 1 aliphatic carbocycles. The Labute approximate surface area is 118 Å². The van der Waals surface area contributed by atoms with Gasteiger partial charge in [-0.25, -0.2) is 0 Å². The first-order chi connectivity index (χ1) is 9.27. The van der Waals surface area contributed by atoms with E-state index in [1.165, 1.54) is 0 Å². The molecule has 1 amide bonds. The molecule has 0 radical (unpaired) electrons. The Hall–Kier alpha value is -1.43. The van der Waals surface area contributed by atoms with Crippen molar-refractivity contribution in [2.24, 2.45) is 5.73 Å². The number of likely N-dealkylation sites (N-methyl/N-ethyl adjacent to an activating group) is 1. The number of amides is 1. The van der Waals surface area contributed by atoms with Crippen molar-refractivity contribution < 1.29 is 15.0 Å². The minimum Gasteiger partial charge on any atom is -0.366 e. The fraction of sp³-hybridized carbons (Fsp3) is 0.533. The lowest BCUT2D eigenvalue weighted by atomic mass is 9.60. The lowest BCUT2D eigenvalue weighted by molar-refractivity contribution is -0.270. The summed E-state index contributed by atoms with van der Waals surface area (Å²) in [6, 6.07) is 4.99. The molecule has 1 aliphatic heterocycles. The lowest BCUT2D eigenvalue weighted by Crippen LogP contribution is -2.69. The Morgan fingerprint density at radius 3 is 2.80 bits per heavy atom. The molecule has 2 bridgehead atoms. The molecule has 5 heteroatoms. The maximum Gasteiger partial charge on any atom is 0.248 e. The fourth-order valence-corrected chi connectivity index (χ4v) is 3.68. The van der Waals surface area contributed by atoms with E-state index in [0.717, 1.165) is 17.7 Å². The monoisotopic (exact) mass is 276 g/mol. The number of nitrogens with two attached hydrogens (primary N) is 1. The molecule has 1 saturated heterocycles. The highest BCUT2D eigenvalue weighted by molar-refractivity contribution is 5.93. The SMILES string of the molecule is CN1CC[C@]2(C)c3cc(C(N)=O)ccc3C[C@@H]1C2(O)O. The average Bonchev–Trinajstić information content (AvgIpc) is 2.38. The Morgan fingerprint density at radius 1 is 1.45 bits per heavy atom. The number of piperidine rings is 1. The van der Waals surface area contributed by atoms with Gasteiger partial charge in [-0.2, -0.15) is 0 Å². The first-order valence-corrected chi connectivity index (χ1v) is 6.85. The van der Waals surface area contributed by atoms with Gasteiger partial charge in [0.15, 0.2) is 5.79 Å². The molecule has 5 nitrogen and oxygen atoms in total. The number of aliphatic hydroxyl groups is 2. The van der Waals surface area contributed by atoms with E-state index in [0.29, 0.717) is 18.4 Å². The van der Waals surface area contributed by atoms with Crippen molar-refractivity contribution >= 4 is 5.91 Å². The largest absolute Gasteiger partial charge is 0.366 e. The number of hydrogen-bond acceptors (Lipinski definition) is 4. The van der Waals surface area contributed by atoms with E-state index >= 15 is 0 Å². The van der Waals surface area contributed by atoms with Crippen molar-refractivity contribution in [1.82, 2.24) is 4.90 Å². The van der Waals surface area contributed by atoms with Crippen LogP contribution in [-0.2, 0) is 11.8 Å². The van der Waals surface area contributed by atoms with Gasteiger partial charge in [0.1, 0.15) is 0 Å². The number of benzene rings is 1. The predicted molar refractivity (Wildman–Crippen MR) is 74.2 cm³/mol. The molecule has 20 heavy (non-hydrogen) atoms. The third-order valence-corrected chi connectivity index (χ3v) is 5.18. The molecular weight excluding hydrogens is 256 g/mol. The highest BCUT2D eigenvalue weighted by atomic mass is 16.5. The smallest absolute Gasteiger partial charge is 0.248 e. The van der Waals surface area contributed by atoms with E-state index in [4.69, 9.17) is 5.73 Å². The Kier molecular flexibility index (Phi) is 2.73. The van der Waals surface area contributed by atoms with Crippen LogP contribution in [0.2, 0.25) is 0 Å². The summed E-state index contributed by atoms with van der Waals surface area (Å²) in [6.45, 7) is 2.65. The molecule has 2 atom stereocenters. The van der Waals surface area contributed by atoms with Crippen LogP contribution in [0.25, 0.3) is 0 Å². The van der Waals surface area contributed by atoms with E-state index in [1.807, 2.05) is 24.9 Å². The van der Waals surface area contributed by atoms with Crippen LogP contribution in [0.4, 0.5) is 0 Å². The van der Waals surface area contributed by atoms with Crippen molar-refractivity contribution in [1.29, 1.82) is 0 Å². The third kappa shape index (κ3) is 1.57. The zero-order valence-electron chi connectivity index (χ0n) is 11.8. The second kappa shape index (κ2) is 4.04. The van der Waals surface area contributed by atoms with Crippen LogP contribution in [0.3, 0.4) is 0 Å². The first kappa shape index (κ1) is 13.5. The molecule has 3 rings (SSSR count). The fourth-order valence-electron chi connectivity index (χ4n) is 3.68. The highest BCUT2D eigenvalue weighted by Gasteiger charge is 2.59. The van der Waals surface area contributed by atoms with Crippen molar-refractivity contribution in [2.45, 2.75) is 37.0 Å². The zero-order chi connectivity index (χ0) is 14.7. The van der Waals surface area contributed by atoms with Crippen LogP contribution in [0.5, 0.6) is 0 Å². The number of carbonyl (C=O) groups is 1. The van der Waals surface area contributed by atoms with Gasteiger partial charge in [-0.1, -0.05) is 13.0 Å². The Morgan fingerprint density at radius 2 is 2.15 bits per heavy atom. The van der Waals surface area contributed by atoms with Crippen LogP contribution in [0.1, 0.15) is 34.8 Å². The number of rotatable bonds is 1. The predicted octanol–water partition coefficient (Wildman–Crippen LogP) is -0.0157. The van der Waals surface area contributed by atoms with Gasteiger partial charge in [0.05, 0.1) is 6.04 Å². The molecule has 1 aromatic carbocycles. The van der Waals surface area contributed by atoms with Gasteiger partial charge in [0.2, 0.25) is 5.91 Å². The lowest BCUT2D eigenvalue weighted by Gasteiger charge is -2.57. The molecular formula is C15H20N2O3. The van der Waals surface area contributed by atoms with Crippen molar-refractivity contribution in [3.05, 3.63) is 34.9 Å². The maximum atomic E-state index is 11.4. The van der Waals surface area contributed by atoms with E-state index in [9.17, 15) is 15.0 Å². The number of nitrogens with zero attached hydrogens (tertiary/aromatic N) is 1. The Balaban J connectivity index is 2.20. The number of fused-ring (bicyclic) bond motifs is 4. The van der Waals surface area contributed by atoms with Crippen LogP contribution in [-0.4, -0.2) is 46.4 Å². The topological polar surface area (TPSA) is 86.8 Å². The van der Waals surface area contributed by atoms with E-state index in [1.54, 1.807) is 12.1 Å². The normalized spacial score (nSPS) is 31.7. The minimum absolute atomic E-state index is 0.326. The molecule has 1 heterocycles. The van der Waals surface area contributed by atoms with Gasteiger partial charge in [0, 0.05) is 11.0 Å². The molecule has 0 unspecified atom stereocenters. The third-order valence-electron chi connectivity index (χ3n) is 5.18. The maximum absolute atomic E-state index is 11.4. The molecule has 1 aromatic rings. The van der Waals surface area contributed by atoms with Crippen LogP contribution in [0.15, 0.2) is 18.2 Å². The van der Waals surface area contributed by atoms with Gasteiger partial charge in [-0.15, -0.1) is 0 Å². The van der Waals surface area contributed by atoms with Crippen molar-refractivity contribution in [3.8, 4) is 0 Å². The summed E-state index contributed by atoms with van der Waals surface area (Å²) in [5, 5.41) is 21.3. The standard InChI is InChI=1S/C15H20N2O3/c1-14-5-6-17(2)12(15(14,19)20)8-9-3-4-10(13(16)18)7-11(9)14/h3-4,7,12,19-20H,5-6,8H2,1-2H3,(H2,16,18)/t12-,14-/m1/s1. The highest BCUT2D eigenvalue weighted by Crippen LogP contribution is 2.49. The van der Waals surface area contributed by atoms with Crippen molar-refractivity contribution in [3.63, 3.8) is 0 Å². The molecule has 1 fully saturated rings.